The number of carbonyl (C=O) groups is 1. The second-order valence-electron chi connectivity index (χ2n) is 4.69. The van der Waals surface area contributed by atoms with E-state index in [4.69, 9.17) is 0 Å². The number of hydrogen-bond donors (Lipinski definition) is 1. The number of nitrogens with zero attached hydrogens (tertiary/aromatic N) is 3. The van der Waals surface area contributed by atoms with E-state index in [9.17, 15) is 4.79 Å². The van der Waals surface area contributed by atoms with Crippen molar-refractivity contribution < 1.29 is 4.79 Å². The third-order valence-corrected chi connectivity index (χ3v) is 3.33. The average molecular weight is 254 g/mol. The molecule has 2 aromatic heterocycles. The van der Waals surface area contributed by atoms with Gasteiger partial charge in [-0.25, -0.2) is 9.97 Å². The van der Waals surface area contributed by atoms with Crippen LogP contribution >= 0.6 is 0 Å². The van der Waals surface area contributed by atoms with Gasteiger partial charge in [-0.15, -0.1) is 0 Å². The van der Waals surface area contributed by atoms with Gasteiger partial charge >= 0.3 is 0 Å². The Morgan fingerprint density at radius 3 is 2.47 bits per heavy atom. The lowest BCUT2D eigenvalue weighted by Crippen LogP contribution is -2.39. The van der Waals surface area contributed by atoms with Crippen molar-refractivity contribution in [3.63, 3.8) is 0 Å². The van der Waals surface area contributed by atoms with Crippen LogP contribution in [0.2, 0.25) is 0 Å². The molecule has 0 aliphatic heterocycles. The lowest BCUT2D eigenvalue weighted by atomic mass is 9.93. The van der Waals surface area contributed by atoms with Crippen LogP contribution in [0.15, 0.2) is 37.2 Å². The standard InChI is InChI=1S/C14H14N4O/c19-14(18-13-2-1-3-13)11-4-10(5-15-6-11)12-7-16-9-17-8-12/h4-9,13H,1-3H2,(H,18,19). The molecule has 5 heteroatoms. The third-order valence-electron chi connectivity index (χ3n) is 3.33. The van der Waals surface area contributed by atoms with E-state index in [1.54, 1.807) is 24.8 Å². The zero-order chi connectivity index (χ0) is 13.1. The van der Waals surface area contributed by atoms with E-state index in [2.05, 4.69) is 20.3 Å². The van der Waals surface area contributed by atoms with Crippen molar-refractivity contribution >= 4 is 5.91 Å². The van der Waals surface area contributed by atoms with Gasteiger partial charge < -0.3 is 5.32 Å². The van der Waals surface area contributed by atoms with E-state index in [1.807, 2.05) is 6.07 Å². The van der Waals surface area contributed by atoms with Crippen LogP contribution in [0.4, 0.5) is 0 Å². The van der Waals surface area contributed by atoms with E-state index in [-0.39, 0.29) is 5.91 Å². The summed E-state index contributed by atoms with van der Waals surface area (Å²) in [7, 11) is 0. The average Bonchev–Trinajstić information content (AvgIpc) is 2.44. The molecule has 1 amide bonds. The van der Waals surface area contributed by atoms with Crippen LogP contribution in [0.5, 0.6) is 0 Å². The summed E-state index contributed by atoms with van der Waals surface area (Å²) >= 11 is 0. The number of aromatic nitrogens is 3. The highest BCUT2D eigenvalue weighted by molar-refractivity contribution is 5.95. The molecule has 0 atom stereocenters. The summed E-state index contributed by atoms with van der Waals surface area (Å²) in [6.45, 7) is 0. The van der Waals surface area contributed by atoms with Gasteiger partial charge in [0.05, 0.1) is 5.56 Å². The lowest BCUT2D eigenvalue weighted by Gasteiger charge is -2.26. The minimum atomic E-state index is -0.0594. The molecule has 0 unspecified atom stereocenters. The number of nitrogens with one attached hydrogen (secondary N) is 1. The van der Waals surface area contributed by atoms with Crippen LogP contribution in [0, 0.1) is 0 Å². The summed E-state index contributed by atoms with van der Waals surface area (Å²) < 4.78 is 0. The van der Waals surface area contributed by atoms with E-state index in [0.29, 0.717) is 11.6 Å². The number of carbonyl (C=O) groups excluding carboxylic acids is 1. The quantitative estimate of drug-likeness (QED) is 0.907. The highest BCUT2D eigenvalue weighted by Gasteiger charge is 2.20. The predicted molar refractivity (Wildman–Crippen MR) is 70.4 cm³/mol. The van der Waals surface area contributed by atoms with Crippen molar-refractivity contribution in [2.24, 2.45) is 0 Å². The monoisotopic (exact) mass is 254 g/mol. The predicted octanol–water partition coefficient (Wildman–Crippen LogP) is 1.82. The summed E-state index contributed by atoms with van der Waals surface area (Å²) in [5, 5.41) is 3.00. The van der Waals surface area contributed by atoms with Crippen LogP contribution < -0.4 is 5.32 Å². The first-order valence-electron chi connectivity index (χ1n) is 6.34. The zero-order valence-corrected chi connectivity index (χ0v) is 10.4. The minimum absolute atomic E-state index is 0.0594. The molecule has 1 aliphatic carbocycles. The Bertz CT molecular complexity index is 581. The van der Waals surface area contributed by atoms with Crippen molar-refractivity contribution in [3.05, 3.63) is 42.7 Å². The fourth-order valence-electron chi connectivity index (χ4n) is 1.99. The Hall–Kier alpha value is -2.30. The highest BCUT2D eigenvalue weighted by atomic mass is 16.1. The molecule has 1 aliphatic rings. The molecule has 0 saturated heterocycles. The summed E-state index contributed by atoms with van der Waals surface area (Å²) in [6.07, 6.45) is 11.5. The fourth-order valence-corrected chi connectivity index (χ4v) is 1.99. The van der Waals surface area contributed by atoms with Crippen LogP contribution in [0.3, 0.4) is 0 Å². The first-order chi connectivity index (χ1) is 9.33. The van der Waals surface area contributed by atoms with Gasteiger partial charge in [0.1, 0.15) is 6.33 Å². The van der Waals surface area contributed by atoms with E-state index in [1.165, 1.54) is 12.7 Å². The van der Waals surface area contributed by atoms with Crippen molar-refractivity contribution in [1.82, 2.24) is 20.3 Å². The highest BCUT2D eigenvalue weighted by Crippen LogP contribution is 2.20. The van der Waals surface area contributed by atoms with Gasteiger partial charge in [-0.3, -0.25) is 9.78 Å². The number of amides is 1. The molecule has 2 heterocycles. The lowest BCUT2D eigenvalue weighted by molar-refractivity contribution is 0.0916. The molecular formula is C14H14N4O. The van der Waals surface area contributed by atoms with Gasteiger partial charge in [0.2, 0.25) is 0 Å². The van der Waals surface area contributed by atoms with E-state index in [0.717, 1.165) is 24.0 Å². The largest absolute Gasteiger partial charge is 0.349 e. The van der Waals surface area contributed by atoms with Crippen LogP contribution in [0.1, 0.15) is 29.6 Å². The summed E-state index contributed by atoms with van der Waals surface area (Å²) in [5.74, 6) is -0.0594. The van der Waals surface area contributed by atoms with Crippen LogP contribution in [-0.4, -0.2) is 26.9 Å². The Labute approximate surface area is 111 Å². The maximum Gasteiger partial charge on any atom is 0.253 e. The Morgan fingerprint density at radius 2 is 1.79 bits per heavy atom. The maximum atomic E-state index is 12.0. The summed E-state index contributed by atoms with van der Waals surface area (Å²) in [5.41, 5.74) is 2.28. The fraction of sp³-hybridized carbons (Fsp3) is 0.286. The second kappa shape index (κ2) is 5.14. The molecule has 2 aromatic rings. The van der Waals surface area contributed by atoms with E-state index < -0.39 is 0 Å². The van der Waals surface area contributed by atoms with Crippen LogP contribution in [-0.2, 0) is 0 Å². The number of pyridine rings is 1. The second-order valence-corrected chi connectivity index (χ2v) is 4.69. The summed E-state index contributed by atoms with van der Waals surface area (Å²) in [4.78, 5) is 24.1. The third kappa shape index (κ3) is 2.59. The van der Waals surface area contributed by atoms with Crippen molar-refractivity contribution in [2.45, 2.75) is 25.3 Å². The molecule has 1 saturated carbocycles. The Kier molecular flexibility index (Phi) is 3.18. The Morgan fingerprint density at radius 1 is 1.05 bits per heavy atom. The van der Waals surface area contributed by atoms with Gasteiger partial charge in [0.15, 0.2) is 0 Å². The molecule has 19 heavy (non-hydrogen) atoms. The minimum Gasteiger partial charge on any atom is -0.349 e. The molecule has 0 spiro atoms. The molecule has 0 aromatic carbocycles. The van der Waals surface area contributed by atoms with Crippen molar-refractivity contribution in [1.29, 1.82) is 0 Å². The molecule has 96 valence electrons. The first-order valence-corrected chi connectivity index (χ1v) is 6.34. The molecule has 5 nitrogen and oxygen atoms in total. The summed E-state index contributed by atoms with van der Waals surface area (Å²) in [6, 6.07) is 2.15. The normalized spacial score (nSPS) is 14.7. The first kappa shape index (κ1) is 11.8. The molecule has 0 radical (unpaired) electrons. The molecule has 0 bridgehead atoms. The zero-order valence-electron chi connectivity index (χ0n) is 10.4. The number of rotatable bonds is 3. The van der Waals surface area contributed by atoms with Gasteiger partial charge in [0.25, 0.3) is 5.91 Å². The number of hydrogen-bond acceptors (Lipinski definition) is 4. The van der Waals surface area contributed by atoms with Crippen molar-refractivity contribution in [2.75, 3.05) is 0 Å². The maximum absolute atomic E-state index is 12.0. The topological polar surface area (TPSA) is 67.8 Å². The van der Waals surface area contributed by atoms with Gasteiger partial charge in [-0.2, -0.15) is 0 Å². The molecular weight excluding hydrogens is 240 g/mol. The van der Waals surface area contributed by atoms with Gasteiger partial charge in [-0.05, 0) is 25.3 Å². The molecule has 1 N–H and O–H groups in total. The SMILES string of the molecule is O=C(NC1CCC1)c1cncc(-c2cncnc2)c1. The molecule has 1 fully saturated rings. The smallest absolute Gasteiger partial charge is 0.253 e. The Balaban J connectivity index is 1.81. The van der Waals surface area contributed by atoms with Gasteiger partial charge in [0, 0.05) is 42.0 Å². The van der Waals surface area contributed by atoms with Crippen LogP contribution in [0.25, 0.3) is 11.1 Å². The van der Waals surface area contributed by atoms with Gasteiger partial charge in [-0.1, -0.05) is 0 Å². The van der Waals surface area contributed by atoms with Crippen molar-refractivity contribution in [3.8, 4) is 11.1 Å². The van der Waals surface area contributed by atoms with E-state index >= 15 is 0 Å². The molecule has 3 rings (SSSR count).